The minimum Gasteiger partial charge on any atom is -0.432 e. The number of hydrogen-bond acceptors (Lipinski definition) is 5. The third-order valence-electron chi connectivity index (χ3n) is 2.39. The fourth-order valence-corrected chi connectivity index (χ4v) is 1.63. The fourth-order valence-electron chi connectivity index (χ4n) is 1.63. The highest BCUT2D eigenvalue weighted by Gasteiger charge is 2.04. The predicted octanol–water partition coefficient (Wildman–Crippen LogP) is 1.88. The second-order valence-corrected chi connectivity index (χ2v) is 4.07. The van der Waals surface area contributed by atoms with Gasteiger partial charge in [0.25, 0.3) is 6.01 Å². The van der Waals surface area contributed by atoms with E-state index in [9.17, 15) is 4.79 Å². The van der Waals surface area contributed by atoms with Gasteiger partial charge in [0.05, 0.1) is 5.69 Å². The Labute approximate surface area is 111 Å². The van der Waals surface area contributed by atoms with Crippen LogP contribution in [0.15, 0.2) is 34.9 Å². The second kappa shape index (κ2) is 6.01. The molecule has 2 rings (SSSR count). The van der Waals surface area contributed by atoms with Gasteiger partial charge in [0.2, 0.25) is 5.91 Å². The van der Waals surface area contributed by atoms with Gasteiger partial charge in [0, 0.05) is 24.7 Å². The first-order valence-corrected chi connectivity index (χ1v) is 5.96. The number of nitrogens with zero attached hydrogens (tertiary/aromatic N) is 1. The Kier molecular flexibility index (Phi) is 4.15. The van der Waals surface area contributed by atoms with Gasteiger partial charge >= 0.3 is 0 Å². The first kappa shape index (κ1) is 13.1. The Balaban J connectivity index is 2.07. The molecule has 1 heterocycles. The number of carbonyl (C=O) groups excluding carboxylic acids is 1. The molecular weight excluding hydrogens is 244 g/mol. The second-order valence-electron chi connectivity index (χ2n) is 4.07. The number of oxazole rings is 1. The Morgan fingerprint density at radius 2 is 2.21 bits per heavy atom. The molecule has 1 aromatic heterocycles. The smallest absolute Gasteiger partial charge is 0.299 e. The van der Waals surface area contributed by atoms with Crippen molar-refractivity contribution in [1.29, 1.82) is 0 Å². The molecular formula is C13H16N4O2. The number of amides is 1. The maximum absolute atomic E-state index is 11.0. The third kappa shape index (κ3) is 3.82. The molecule has 0 saturated carbocycles. The van der Waals surface area contributed by atoms with Gasteiger partial charge in [-0.3, -0.25) is 4.79 Å². The summed E-state index contributed by atoms with van der Waals surface area (Å²) in [5, 5.41) is 5.74. The monoisotopic (exact) mass is 260 g/mol. The predicted molar refractivity (Wildman–Crippen MR) is 73.3 cm³/mol. The first-order chi connectivity index (χ1) is 9.17. The van der Waals surface area contributed by atoms with E-state index in [2.05, 4.69) is 15.6 Å². The number of nitrogens with two attached hydrogens (primary N) is 1. The summed E-state index contributed by atoms with van der Waals surface area (Å²) >= 11 is 0. The molecule has 0 atom stereocenters. The molecule has 0 aliphatic heterocycles. The molecule has 2 aromatic rings. The van der Waals surface area contributed by atoms with Crippen LogP contribution in [0.2, 0.25) is 0 Å². The molecule has 100 valence electrons. The maximum atomic E-state index is 11.0. The number of carbonyl (C=O) groups is 1. The molecule has 0 fully saturated rings. The van der Waals surface area contributed by atoms with Gasteiger partial charge in [-0.2, -0.15) is 4.98 Å². The maximum Gasteiger partial charge on any atom is 0.299 e. The van der Waals surface area contributed by atoms with Gasteiger partial charge in [-0.15, -0.1) is 0 Å². The van der Waals surface area contributed by atoms with Gasteiger partial charge in [-0.05, 0) is 24.7 Å². The van der Waals surface area contributed by atoms with Crippen molar-refractivity contribution in [3.8, 4) is 0 Å². The molecule has 0 spiro atoms. The molecule has 1 amide bonds. The Morgan fingerprint density at radius 3 is 2.95 bits per heavy atom. The molecule has 0 saturated heterocycles. The number of hydrogen-bond donors (Lipinski definition) is 3. The first-order valence-electron chi connectivity index (χ1n) is 5.96. The topological polar surface area (TPSA) is 93.2 Å². The molecule has 0 bridgehead atoms. The molecule has 6 nitrogen and oxygen atoms in total. The highest BCUT2D eigenvalue weighted by Crippen LogP contribution is 2.19. The molecule has 19 heavy (non-hydrogen) atoms. The minimum atomic E-state index is -0.112. The van der Waals surface area contributed by atoms with Crippen molar-refractivity contribution in [3.05, 3.63) is 36.2 Å². The van der Waals surface area contributed by atoms with Crippen molar-refractivity contribution in [1.82, 2.24) is 4.98 Å². The van der Waals surface area contributed by atoms with Crippen molar-refractivity contribution in [3.63, 3.8) is 0 Å². The van der Waals surface area contributed by atoms with E-state index in [0.717, 1.165) is 11.4 Å². The zero-order valence-electron chi connectivity index (χ0n) is 10.6. The molecule has 0 aliphatic carbocycles. The van der Waals surface area contributed by atoms with Gasteiger partial charge in [-0.1, -0.05) is 6.07 Å². The Morgan fingerprint density at radius 1 is 1.42 bits per heavy atom. The van der Waals surface area contributed by atoms with Crippen LogP contribution in [0.5, 0.6) is 0 Å². The van der Waals surface area contributed by atoms with Crippen LogP contribution in [0.25, 0.3) is 0 Å². The van der Waals surface area contributed by atoms with Crippen LogP contribution in [0, 0.1) is 0 Å². The van der Waals surface area contributed by atoms with Crippen LogP contribution < -0.4 is 16.4 Å². The Hall–Kier alpha value is -2.34. The SMILES string of the molecule is CC(=O)Nc1cccc(Nc2nc(CCN)co2)c1. The van der Waals surface area contributed by atoms with Crippen LogP contribution in [-0.4, -0.2) is 17.4 Å². The zero-order valence-corrected chi connectivity index (χ0v) is 10.6. The summed E-state index contributed by atoms with van der Waals surface area (Å²) in [6.07, 6.45) is 2.25. The van der Waals surface area contributed by atoms with E-state index in [1.54, 1.807) is 12.3 Å². The molecule has 0 radical (unpaired) electrons. The number of rotatable bonds is 5. The van der Waals surface area contributed by atoms with Crippen LogP contribution in [0.1, 0.15) is 12.6 Å². The van der Waals surface area contributed by atoms with E-state index in [1.807, 2.05) is 18.2 Å². The lowest BCUT2D eigenvalue weighted by Gasteiger charge is -2.05. The largest absolute Gasteiger partial charge is 0.432 e. The van der Waals surface area contributed by atoms with Gasteiger partial charge in [0.1, 0.15) is 6.26 Å². The standard InChI is InChI=1S/C13H16N4O2/c1-9(18)15-10-3-2-4-11(7-10)16-13-17-12(5-6-14)8-19-13/h2-4,7-8H,5-6,14H2,1H3,(H,15,18)(H,16,17). The lowest BCUT2D eigenvalue weighted by atomic mass is 10.3. The lowest BCUT2D eigenvalue weighted by Crippen LogP contribution is -2.05. The van der Waals surface area contributed by atoms with Crippen molar-refractivity contribution in [2.75, 3.05) is 17.2 Å². The molecule has 0 aliphatic rings. The minimum absolute atomic E-state index is 0.112. The summed E-state index contributed by atoms with van der Waals surface area (Å²) in [5.41, 5.74) is 7.75. The van der Waals surface area contributed by atoms with Crippen molar-refractivity contribution in [2.45, 2.75) is 13.3 Å². The van der Waals surface area contributed by atoms with E-state index in [-0.39, 0.29) is 5.91 Å². The summed E-state index contributed by atoms with van der Waals surface area (Å²) in [7, 11) is 0. The van der Waals surface area contributed by atoms with E-state index in [4.69, 9.17) is 10.2 Å². The quantitative estimate of drug-likeness (QED) is 0.763. The van der Waals surface area contributed by atoms with Crippen molar-refractivity contribution >= 4 is 23.3 Å². The fraction of sp³-hybridized carbons (Fsp3) is 0.231. The Bertz CT molecular complexity index is 565. The number of nitrogens with one attached hydrogen (secondary N) is 2. The van der Waals surface area contributed by atoms with Crippen LogP contribution in [-0.2, 0) is 11.2 Å². The lowest BCUT2D eigenvalue weighted by molar-refractivity contribution is -0.114. The third-order valence-corrected chi connectivity index (χ3v) is 2.39. The summed E-state index contributed by atoms with van der Waals surface area (Å²) in [6.45, 7) is 2.00. The van der Waals surface area contributed by atoms with Gasteiger partial charge in [0.15, 0.2) is 0 Å². The van der Waals surface area contributed by atoms with Gasteiger partial charge in [-0.25, -0.2) is 0 Å². The van der Waals surface area contributed by atoms with Crippen molar-refractivity contribution < 1.29 is 9.21 Å². The summed E-state index contributed by atoms with van der Waals surface area (Å²) in [5.74, 6) is -0.112. The van der Waals surface area contributed by atoms with E-state index >= 15 is 0 Å². The summed E-state index contributed by atoms with van der Waals surface area (Å²) < 4.78 is 5.28. The molecule has 1 aromatic carbocycles. The number of benzene rings is 1. The number of anilines is 3. The average Bonchev–Trinajstić information content (AvgIpc) is 2.76. The van der Waals surface area contributed by atoms with E-state index < -0.39 is 0 Å². The molecule has 0 unspecified atom stereocenters. The normalized spacial score (nSPS) is 10.2. The average molecular weight is 260 g/mol. The summed E-state index contributed by atoms with van der Waals surface area (Å²) in [4.78, 5) is 15.2. The number of aromatic nitrogens is 1. The van der Waals surface area contributed by atoms with Crippen molar-refractivity contribution in [2.24, 2.45) is 5.73 Å². The van der Waals surface area contributed by atoms with E-state index in [1.165, 1.54) is 6.92 Å². The molecule has 4 N–H and O–H groups in total. The van der Waals surface area contributed by atoms with Crippen LogP contribution >= 0.6 is 0 Å². The van der Waals surface area contributed by atoms with Crippen LogP contribution in [0.3, 0.4) is 0 Å². The highest BCUT2D eigenvalue weighted by atomic mass is 16.4. The van der Waals surface area contributed by atoms with E-state index in [0.29, 0.717) is 24.7 Å². The zero-order chi connectivity index (χ0) is 13.7. The van der Waals surface area contributed by atoms with Crippen LogP contribution in [0.4, 0.5) is 17.4 Å². The highest BCUT2D eigenvalue weighted by molar-refractivity contribution is 5.89. The molecule has 6 heteroatoms. The summed E-state index contributed by atoms with van der Waals surface area (Å²) in [6, 6.07) is 7.70. The van der Waals surface area contributed by atoms with Gasteiger partial charge < -0.3 is 20.8 Å².